The third kappa shape index (κ3) is 3.37. The van der Waals surface area contributed by atoms with Crippen LogP contribution in [0.2, 0.25) is 0 Å². The van der Waals surface area contributed by atoms with Crippen molar-refractivity contribution >= 4 is 5.97 Å². The van der Waals surface area contributed by atoms with Crippen molar-refractivity contribution in [1.82, 2.24) is 0 Å². The molecule has 0 aliphatic heterocycles. The smallest absolute Gasteiger partial charge is 0.347 e. The molecule has 0 radical (unpaired) electrons. The number of phenols is 1. The van der Waals surface area contributed by atoms with Crippen molar-refractivity contribution in [2.45, 2.75) is 39.2 Å². The molecular formula is C13H18O4. The number of carbonyl (C=O) groups is 1. The molecule has 4 heteroatoms. The highest BCUT2D eigenvalue weighted by molar-refractivity contribution is 5.76. The molecule has 0 saturated heterocycles. The summed E-state index contributed by atoms with van der Waals surface area (Å²) in [5, 5.41) is 18.6. The van der Waals surface area contributed by atoms with E-state index in [9.17, 15) is 9.90 Å². The van der Waals surface area contributed by atoms with Gasteiger partial charge >= 0.3 is 5.97 Å². The number of aromatic hydroxyl groups is 1. The number of rotatable bonds is 5. The lowest BCUT2D eigenvalue weighted by Gasteiger charge is -2.22. The first-order chi connectivity index (χ1) is 7.86. The molecule has 1 rings (SSSR count). The fourth-order valence-corrected chi connectivity index (χ4v) is 1.43. The van der Waals surface area contributed by atoms with Crippen LogP contribution in [0.4, 0.5) is 0 Å². The fourth-order valence-electron chi connectivity index (χ4n) is 1.43. The number of hydrogen-bond donors (Lipinski definition) is 2. The normalized spacial score (nSPS) is 11.2. The van der Waals surface area contributed by atoms with E-state index in [1.54, 1.807) is 12.1 Å². The summed E-state index contributed by atoms with van der Waals surface area (Å²) in [6.07, 6.45) is 1.63. The van der Waals surface area contributed by atoms with Gasteiger partial charge < -0.3 is 14.9 Å². The van der Waals surface area contributed by atoms with Crippen LogP contribution in [0.25, 0.3) is 0 Å². The zero-order valence-corrected chi connectivity index (χ0v) is 10.4. The quantitative estimate of drug-likeness (QED) is 0.827. The monoisotopic (exact) mass is 238 g/mol. The lowest BCUT2D eigenvalue weighted by molar-refractivity contribution is -0.152. The number of carboxylic acids is 1. The van der Waals surface area contributed by atoms with Gasteiger partial charge in [-0.3, -0.25) is 0 Å². The summed E-state index contributed by atoms with van der Waals surface area (Å²) in [6.45, 7) is 4.98. The van der Waals surface area contributed by atoms with Gasteiger partial charge in [0.25, 0.3) is 0 Å². The van der Waals surface area contributed by atoms with Crippen molar-refractivity contribution in [3.63, 3.8) is 0 Å². The number of benzene rings is 1. The summed E-state index contributed by atoms with van der Waals surface area (Å²) in [5.74, 6) is -0.353. The maximum atomic E-state index is 10.9. The number of carboxylic acid groups (broad SMARTS) is 1. The Kier molecular flexibility index (Phi) is 3.99. The molecule has 0 aliphatic carbocycles. The topological polar surface area (TPSA) is 66.8 Å². The molecule has 2 N–H and O–H groups in total. The predicted molar refractivity (Wildman–Crippen MR) is 64.4 cm³/mol. The van der Waals surface area contributed by atoms with E-state index in [4.69, 9.17) is 9.84 Å². The van der Waals surface area contributed by atoms with E-state index in [1.807, 2.05) is 6.92 Å². The summed E-state index contributed by atoms with van der Waals surface area (Å²) >= 11 is 0. The van der Waals surface area contributed by atoms with Gasteiger partial charge in [-0.05, 0) is 44.0 Å². The van der Waals surface area contributed by atoms with Crippen LogP contribution in [0.15, 0.2) is 18.2 Å². The van der Waals surface area contributed by atoms with Crippen molar-refractivity contribution < 1.29 is 19.7 Å². The van der Waals surface area contributed by atoms with Crippen LogP contribution in [0.5, 0.6) is 11.5 Å². The second kappa shape index (κ2) is 5.08. The van der Waals surface area contributed by atoms with Gasteiger partial charge in [-0.2, -0.15) is 0 Å². The van der Waals surface area contributed by atoms with E-state index >= 15 is 0 Å². The van der Waals surface area contributed by atoms with Crippen molar-refractivity contribution in [3.8, 4) is 11.5 Å². The van der Waals surface area contributed by atoms with Crippen molar-refractivity contribution in [3.05, 3.63) is 23.8 Å². The third-order valence-corrected chi connectivity index (χ3v) is 2.46. The zero-order valence-electron chi connectivity index (χ0n) is 10.4. The SMILES string of the molecule is CCCc1cc(OC(C)(C)C(=O)O)ccc1O. The minimum Gasteiger partial charge on any atom is -0.508 e. The Labute approximate surface area is 101 Å². The molecule has 94 valence electrons. The zero-order chi connectivity index (χ0) is 13.1. The average Bonchev–Trinajstić information content (AvgIpc) is 2.23. The van der Waals surface area contributed by atoms with Crippen LogP contribution >= 0.6 is 0 Å². The Hall–Kier alpha value is -1.71. The molecule has 0 atom stereocenters. The first-order valence-electron chi connectivity index (χ1n) is 5.61. The maximum Gasteiger partial charge on any atom is 0.347 e. The maximum absolute atomic E-state index is 10.9. The minimum atomic E-state index is -1.28. The molecule has 0 aliphatic rings. The number of aryl methyl sites for hydroxylation is 1. The Bertz CT molecular complexity index is 410. The highest BCUT2D eigenvalue weighted by Crippen LogP contribution is 2.26. The molecular weight excluding hydrogens is 220 g/mol. The van der Waals surface area contributed by atoms with Crippen LogP contribution in [0.3, 0.4) is 0 Å². The lowest BCUT2D eigenvalue weighted by Crippen LogP contribution is -2.37. The van der Waals surface area contributed by atoms with Crippen LogP contribution < -0.4 is 4.74 Å². The standard InChI is InChI=1S/C13H18O4/c1-4-5-9-8-10(6-7-11(9)14)17-13(2,3)12(15)16/h6-8,14H,4-5H2,1-3H3,(H,15,16). The molecule has 1 aromatic rings. The van der Waals surface area contributed by atoms with E-state index < -0.39 is 11.6 Å². The van der Waals surface area contributed by atoms with Gasteiger partial charge in [-0.1, -0.05) is 13.3 Å². The summed E-state index contributed by atoms with van der Waals surface area (Å²) in [6, 6.07) is 4.78. The van der Waals surface area contributed by atoms with E-state index in [0.29, 0.717) is 5.75 Å². The van der Waals surface area contributed by atoms with Gasteiger partial charge in [0.05, 0.1) is 0 Å². The van der Waals surface area contributed by atoms with Gasteiger partial charge in [0, 0.05) is 0 Å². The summed E-state index contributed by atoms with van der Waals surface area (Å²) < 4.78 is 5.39. The molecule has 0 spiro atoms. The first kappa shape index (κ1) is 13.4. The Morgan fingerprint density at radius 3 is 2.59 bits per heavy atom. The molecule has 0 amide bonds. The van der Waals surface area contributed by atoms with Gasteiger partial charge in [0.2, 0.25) is 0 Å². The molecule has 17 heavy (non-hydrogen) atoms. The molecule has 0 saturated carbocycles. The van der Waals surface area contributed by atoms with E-state index in [1.165, 1.54) is 19.9 Å². The van der Waals surface area contributed by atoms with Crippen LogP contribution in [0.1, 0.15) is 32.8 Å². The summed E-state index contributed by atoms with van der Waals surface area (Å²) in [7, 11) is 0. The molecule has 1 aromatic carbocycles. The van der Waals surface area contributed by atoms with Crippen molar-refractivity contribution in [2.75, 3.05) is 0 Å². The number of aliphatic carboxylic acids is 1. The highest BCUT2D eigenvalue weighted by Gasteiger charge is 2.29. The summed E-state index contributed by atoms with van der Waals surface area (Å²) in [5.41, 5.74) is -0.508. The average molecular weight is 238 g/mol. The summed E-state index contributed by atoms with van der Waals surface area (Å²) in [4.78, 5) is 10.9. The number of phenolic OH excluding ortho intramolecular Hbond substituents is 1. The molecule has 0 aromatic heterocycles. The lowest BCUT2D eigenvalue weighted by atomic mass is 10.1. The van der Waals surface area contributed by atoms with Crippen LogP contribution in [0, 0.1) is 0 Å². The van der Waals surface area contributed by atoms with Gasteiger partial charge in [-0.25, -0.2) is 4.79 Å². The van der Waals surface area contributed by atoms with Gasteiger partial charge in [-0.15, -0.1) is 0 Å². The van der Waals surface area contributed by atoms with Crippen molar-refractivity contribution in [1.29, 1.82) is 0 Å². The first-order valence-corrected chi connectivity index (χ1v) is 5.61. The van der Waals surface area contributed by atoms with Gasteiger partial charge in [0.1, 0.15) is 11.5 Å². The van der Waals surface area contributed by atoms with E-state index in [-0.39, 0.29) is 5.75 Å². The van der Waals surface area contributed by atoms with Crippen LogP contribution in [-0.2, 0) is 11.2 Å². The van der Waals surface area contributed by atoms with E-state index in [2.05, 4.69) is 0 Å². The molecule has 0 fully saturated rings. The molecule has 0 bridgehead atoms. The second-order valence-corrected chi connectivity index (χ2v) is 4.46. The molecule has 0 heterocycles. The highest BCUT2D eigenvalue weighted by atomic mass is 16.5. The Balaban J connectivity index is 2.93. The largest absolute Gasteiger partial charge is 0.508 e. The molecule has 4 nitrogen and oxygen atoms in total. The van der Waals surface area contributed by atoms with E-state index in [0.717, 1.165) is 18.4 Å². The Morgan fingerprint density at radius 2 is 2.06 bits per heavy atom. The number of ether oxygens (including phenoxy) is 1. The minimum absolute atomic E-state index is 0.215. The third-order valence-electron chi connectivity index (χ3n) is 2.46. The van der Waals surface area contributed by atoms with Crippen molar-refractivity contribution in [2.24, 2.45) is 0 Å². The fraction of sp³-hybridized carbons (Fsp3) is 0.462. The Morgan fingerprint density at radius 1 is 1.41 bits per heavy atom. The predicted octanol–water partition coefficient (Wildman–Crippen LogP) is 2.59. The van der Waals surface area contributed by atoms with Crippen LogP contribution in [-0.4, -0.2) is 21.8 Å². The number of hydrogen-bond acceptors (Lipinski definition) is 3. The van der Waals surface area contributed by atoms with Gasteiger partial charge in [0.15, 0.2) is 5.60 Å². The second-order valence-electron chi connectivity index (χ2n) is 4.46. The molecule has 0 unspecified atom stereocenters.